The molecule has 3 atom stereocenters. The van der Waals surface area contributed by atoms with Crippen molar-refractivity contribution in [2.24, 2.45) is 16.7 Å². The summed E-state index contributed by atoms with van der Waals surface area (Å²) in [4.78, 5) is 33.7. The summed E-state index contributed by atoms with van der Waals surface area (Å²) in [6, 6.07) is -0.554. The van der Waals surface area contributed by atoms with Crippen LogP contribution < -0.4 is 10.6 Å². The standard InChI is InChI=1S/C15H22N2O4/c1-14(2)9-6-7-15(3,8-9)12(14)17-13(21)16-10(18)4-5-11(19)20/h4-5,9,12H,6-8H2,1-3H3,(H,19,20)(H2,16,17,18,21). The lowest BCUT2D eigenvalue weighted by Gasteiger charge is -2.42. The van der Waals surface area contributed by atoms with E-state index in [4.69, 9.17) is 5.11 Å². The van der Waals surface area contributed by atoms with Crippen LogP contribution in [0.3, 0.4) is 0 Å². The summed E-state index contributed by atoms with van der Waals surface area (Å²) < 4.78 is 0. The van der Waals surface area contributed by atoms with E-state index in [1.54, 1.807) is 0 Å². The van der Waals surface area contributed by atoms with Gasteiger partial charge in [-0.1, -0.05) is 20.8 Å². The molecule has 0 saturated heterocycles. The Hall–Kier alpha value is -1.85. The molecule has 2 bridgehead atoms. The Bertz CT molecular complexity index is 507. The summed E-state index contributed by atoms with van der Waals surface area (Å²) in [6.45, 7) is 6.48. The number of carboxylic acid groups (broad SMARTS) is 1. The molecule has 3 amide bonds. The molecular formula is C15H22N2O4. The van der Waals surface area contributed by atoms with Crippen LogP contribution in [0.15, 0.2) is 12.2 Å². The number of carbonyl (C=O) groups is 3. The third-order valence-electron chi connectivity index (χ3n) is 5.16. The van der Waals surface area contributed by atoms with Crippen LogP contribution in [0.25, 0.3) is 0 Å². The molecule has 2 aliphatic carbocycles. The number of carbonyl (C=O) groups excluding carboxylic acids is 2. The summed E-state index contributed by atoms with van der Waals surface area (Å²) in [5.74, 6) is -1.37. The van der Waals surface area contributed by atoms with Crippen molar-refractivity contribution in [3.8, 4) is 0 Å². The van der Waals surface area contributed by atoms with Crippen molar-refractivity contribution in [2.75, 3.05) is 0 Å². The van der Waals surface area contributed by atoms with Gasteiger partial charge in [-0.3, -0.25) is 10.1 Å². The molecule has 6 nitrogen and oxygen atoms in total. The fraction of sp³-hybridized carbons (Fsp3) is 0.667. The van der Waals surface area contributed by atoms with Crippen LogP contribution >= 0.6 is 0 Å². The van der Waals surface area contributed by atoms with E-state index in [0.717, 1.165) is 18.9 Å². The number of rotatable bonds is 3. The number of nitrogens with one attached hydrogen (secondary N) is 2. The summed E-state index contributed by atoms with van der Waals surface area (Å²) in [6.07, 6.45) is 4.89. The number of amides is 3. The van der Waals surface area contributed by atoms with E-state index in [9.17, 15) is 14.4 Å². The maximum atomic E-state index is 11.9. The van der Waals surface area contributed by atoms with Crippen LogP contribution in [0.4, 0.5) is 4.79 Å². The first-order chi connectivity index (χ1) is 9.65. The largest absolute Gasteiger partial charge is 0.478 e. The highest BCUT2D eigenvalue weighted by atomic mass is 16.4. The van der Waals surface area contributed by atoms with E-state index in [2.05, 4.69) is 31.4 Å². The quantitative estimate of drug-likeness (QED) is 0.690. The molecule has 6 heteroatoms. The molecule has 0 heterocycles. The lowest BCUT2D eigenvalue weighted by molar-refractivity contribution is -0.131. The van der Waals surface area contributed by atoms with Gasteiger partial charge < -0.3 is 10.4 Å². The zero-order chi connectivity index (χ0) is 15.8. The zero-order valence-electron chi connectivity index (χ0n) is 12.6. The molecule has 116 valence electrons. The van der Waals surface area contributed by atoms with E-state index >= 15 is 0 Å². The van der Waals surface area contributed by atoms with Gasteiger partial charge in [0.2, 0.25) is 0 Å². The third kappa shape index (κ3) is 2.94. The van der Waals surface area contributed by atoms with Gasteiger partial charge in [-0.15, -0.1) is 0 Å². The molecule has 0 aliphatic heterocycles. The van der Waals surface area contributed by atoms with Crippen LogP contribution in [-0.2, 0) is 9.59 Å². The smallest absolute Gasteiger partial charge is 0.328 e. The van der Waals surface area contributed by atoms with Gasteiger partial charge >= 0.3 is 12.0 Å². The minimum Gasteiger partial charge on any atom is -0.478 e. The highest BCUT2D eigenvalue weighted by Gasteiger charge is 2.59. The lowest BCUT2D eigenvalue weighted by atomic mass is 9.68. The molecule has 0 aromatic carbocycles. The van der Waals surface area contributed by atoms with E-state index in [0.29, 0.717) is 12.0 Å². The molecule has 0 spiro atoms. The number of aliphatic carboxylic acids is 1. The van der Waals surface area contributed by atoms with Gasteiger partial charge in [0.15, 0.2) is 0 Å². The van der Waals surface area contributed by atoms with Crippen molar-refractivity contribution in [2.45, 2.75) is 46.1 Å². The number of carboxylic acids is 1. The van der Waals surface area contributed by atoms with Crippen molar-refractivity contribution in [3.05, 3.63) is 12.2 Å². The Morgan fingerprint density at radius 1 is 1.19 bits per heavy atom. The van der Waals surface area contributed by atoms with E-state index in [-0.39, 0.29) is 16.9 Å². The number of imide groups is 1. The van der Waals surface area contributed by atoms with Crippen LogP contribution in [0.1, 0.15) is 40.0 Å². The monoisotopic (exact) mass is 294 g/mol. The molecule has 2 saturated carbocycles. The van der Waals surface area contributed by atoms with Crippen LogP contribution in [0, 0.1) is 16.7 Å². The molecule has 2 aliphatic rings. The molecule has 3 unspecified atom stereocenters. The minimum atomic E-state index is -1.23. The molecular weight excluding hydrogens is 272 g/mol. The van der Waals surface area contributed by atoms with Crippen LogP contribution in [0.2, 0.25) is 0 Å². The summed E-state index contributed by atoms with van der Waals surface area (Å²) in [5, 5.41) is 13.5. The fourth-order valence-electron chi connectivity index (χ4n) is 4.13. The Labute approximate surface area is 124 Å². The Balaban J connectivity index is 1.97. The predicted octanol–water partition coefficient (Wildman–Crippen LogP) is 1.67. The van der Waals surface area contributed by atoms with Crippen molar-refractivity contribution in [1.29, 1.82) is 0 Å². The Morgan fingerprint density at radius 3 is 2.38 bits per heavy atom. The predicted molar refractivity (Wildman–Crippen MR) is 76.5 cm³/mol. The minimum absolute atomic E-state index is 0.00426. The van der Waals surface area contributed by atoms with Gasteiger partial charge in [-0.05, 0) is 36.0 Å². The second-order valence-corrected chi connectivity index (χ2v) is 6.98. The zero-order valence-corrected chi connectivity index (χ0v) is 12.6. The lowest BCUT2D eigenvalue weighted by Crippen LogP contribution is -2.55. The topological polar surface area (TPSA) is 95.5 Å². The molecule has 3 N–H and O–H groups in total. The number of fused-ring (bicyclic) bond motifs is 2. The maximum absolute atomic E-state index is 11.9. The van der Waals surface area contributed by atoms with Gasteiger partial charge in [0.05, 0.1) is 0 Å². The molecule has 0 radical (unpaired) electrons. The van der Waals surface area contributed by atoms with E-state index in [1.165, 1.54) is 6.42 Å². The van der Waals surface area contributed by atoms with Gasteiger partial charge in [0.25, 0.3) is 5.91 Å². The van der Waals surface area contributed by atoms with Gasteiger partial charge in [0, 0.05) is 18.2 Å². The highest BCUT2D eigenvalue weighted by molar-refractivity contribution is 6.02. The second-order valence-electron chi connectivity index (χ2n) is 6.98. The van der Waals surface area contributed by atoms with E-state index in [1.807, 2.05) is 0 Å². The van der Waals surface area contributed by atoms with Gasteiger partial charge in [-0.25, -0.2) is 9.59 Å². The molecule has 0 aromatic rings. The summed E-state index contributed by atoms with van der Waals surface area (Å²) in [5.41, 5.74) is 0.0791. The maximum Gasteiger partial charge on any atom is 0.328 e. The van der Waals surface area contributed by atoms with Crippen molar-refractivity contribution < 1.29 is 19.5 Å². The van der Waals surface area contributed by atoms with E-state index < -0.39 is 17.9 Å². The molecule has 21 heavy (non-hydrogen) atoms. The Kier molecular flexibility index (Phi) is 3.82. The van der Waals surface area contributed by atoms with Crippen molar-refractivity contribution in [3.63, 3.8) is 0 Å². The summed E-state index contributed by atoms with van der Waals surface area (Å²) >= 11 is 0. The van der Waals surface area contributed by atoms with Gasteiger partial charge in [0.1, 0.15) is 0 Å². The van der Waals surface area contributed by atoms with Crippen LogP contribution in [-0.4, -0.2) is 29.1 Å². The average Bonchev–Trinajstić information content (AvgIpc) is 2.83. The second kappa shape index (κ2) is 5.16. The summed E-state index contributed by atoms with van der Waals surface area (Å²) in [7, 11) is 0. The SMILES string of the molecule is CC12CCC(C1)C(C)(C)C2NC(=O)NC(=O)C=CC(=O)O. The number of hydrogen-bond acceptors (Lipinski definition) is 3. The number of hydrogen-bond donors (Lipinski definition) is 3. The van der Waals surface area contributed by atoms with Crippen LogP contribution in [0.5, 0.6) is 0 Å². The third-order valence-corrected chi connectivity index (χ3v) is 5.16. The first-order valence-corrected chi connectivity index (χ1v) is 7.17. The molecule has 2 rings (SSSR count). The fourth-order valence-corrected chi connectivity index (χ4v) is 4.13. The van der Waals surface area contributed by atoms with Gasteiger partial charge in [-0.2, -0.15) is 0 Å². The number of urea groups is 1. The van der Waals surface area contributed by atoms with Crippen molar-refractivity contribution >= 4 is 17.9 Å². The Morgan fingerprint density at radius 2 is 1.86 bits per heavy atom. The normalized spacial score (nSPS) is 33.1. The first-order valence-electron chi connectivity index (χ1n) is 7.17. The molecule has 2 fully saturated rings. The average molecular weight is 294 g/mol. The highest BCUT2D eigenvalue weighted by Crippen LogP contribution is 2.62. The first kappa shape index (κ1) is 15.5. The molecule has 0 aromatic heterocycles. The van der Waals surface area contributed by atoms with Crippen molar-refractivity contribution in [1.82, 2.24) is 10.6 Å².